The number of halogens is 5. The van der Waals surface area contributed by atoms with Gasteiger partial charge in [0.15, 0.2) is 0 Å². The fourth-order valence-corrected chi connectivity index (χ4v) is 2.98. The van der Waals surface area contributed by atoms with Crippen molar-refractivity contribution in [2.45, 2.75) is 11.1 Å². The number of alkyl halides is 3. The van der Waals surface area contributed by atoms with Crippen LogP contribution in [0, 0.1) is 5.82 Å². The summed E-state index contributed by atoms with van der Waals surface area (Å²) in [5.74, 6) is -0.247. The maximum Gasteiger partial charge on any atom is 0.401 e. The van der Waals surface area contributed by atoms with Gasteiger partial charge < -0.3 is 4.90 Å². The van der Waals surface area contributed by atoms with Gasteiger partial charge in [0.05, 0.1) is 12.3 Å². The molecule has 23 heavy (non-hydrogen) atoms. The van der Waals surface area contributed by atoms with E-state index in [-0.39, 0.29) is 43.0 Å². The number of carbonyl (C=O) groups excluding carboxylic acids is 1. The molecule has 9 heteroatoms. The molecular formula is C14H17ClF4N2OS. The molecule has 0 unspecified atom stereocenters. The Balaban J connectivity index is 0.00000264. The lowest BCUT2D eigenvalue weighted by Gasteiger charge is -2.35. The lowest BCUT2D eigenvalue weighted by molar-refractivity contribution is -0.151. The molecule has 1 amide bonds. The topological polar surface area (TPSA) is 23.6 Å². The van der Waals surface area contributed by atoms with Crippen LogP contribution in [-0.2, 0) is 4.79 Å². The summed E-state index contributed by atoms with van der Waals surface area (Å²) >= 11 is 1.29. The third-order valence-corrected chi connectivity index (χ3v) is 4.30. The second kappa shape index (κ2) is 8.75. The van der Waals surface area contributed by atoms with E-state index in [1.807, 2.05) is 0 Å². The summed E-state index contributed by atoms with van der Waals surface area (Å²) in [7, 11) is 0. The van der Waals surface area contributed by atoms with Crippen LogP contribution in [-0.4, -0.2) is 60.4 Å². The average Bonchev–Trinajstić information content (AvgIpc) is 2.45. The maximum absolute atomic E-state index is 12.8. The van der Waals surface area contributed by atoms with E-state index in [1.165, 1.54) is 28.8 Å². The van der Waals surface area contributed by atoms with Gasteiger partial charge in [-0.25, -0.2) is 4.39 Å². The highest BCUT2D eigenvalue weighted by Gasteiger charge is 2.32. The van der Waals surface area contributed by atoms with Crippen LogP contribution in [0.15, 0.2) is 29.2 Å². The van der Waals surface area contributed by atoms with Crippen LogP contribution in [0.25, 0.3) is 0 Å². The highest BCUT2D eigenvalue weighted by atomic mass is 35.5. The Morgan fingerprint density at radius 3 is 2.17 bits per heavy atom. The molecule has 3 nitrogen and oxygen atoms in total. The largest absolute Gasteiger partial charge is 0.401 e. The van der Waals surface area contributed by atoms with Crippen molar-refractivity contribution in [3.05, 3.63) is 30.1 Å². The number of piperazine rings is 1. The highest BCUT2D eigenvalue weighted by molar-refractivity contribution is 8.00. The summed E-state index contributed by atoms with van der Waals surface area (Å²) in [5.41, 5.74) is 0. The van der Waals surface area contributed by atoms with Gasteiger partial charge in [0.2, 0.25) is 5.91 Å². The fraction of sp³-hybridized carbons (Fsp3) is 0.500. The number of benzene rings is 1. The van der Waals surface area contributed by atoms with Crippen LogP contribution in [0.1, 0.15) is 0 Å². The molecule has 0 aliphatic carbocycles. The van der Waals surface area contributed by atoms with E-state index in [0.29, 0.717) is 13.1 Å². The van der Waals surface area contributed by atoms with Crippen molar-refractivity contribution >= 4 is 30.1 Å². The van der Waals surface area contributed by atoms with Crippen molar-refractivity contribution in [3.63, 3.8) is 0 Å². The monoisotopic (exact) mass is 372 g/mol. The predicted octanol–water partition coefficient (Wildman–Crippen LogP) is 3.05. The maximum atomic E-state index is 12.8. The minimum Gasteiger partial charge on any atom is -0.339 e. The molecule has 0 bridgehead atoms. The Hall–Kier alpha value is -0.990. The standard InChI is InChI=1S/C14H16F4N2OS.ClH/c15-11-1-3-12(4-2-11)22-9-13(21)20-7-5-19(6-8-20)10-14(16,17)18;/h1-4H,5-10H2;1H. The molecule has 0 N–H and O–H groups in total. The van der Waals surface area contributed by atoms with Gasteiger partial charge in [-0.2, -0.15) is 13.2 Å². The number of thioether (sulfide) groups is 1. The molecule has 1 aromatic carbocycles. The Labute approximate surface area is 142 Å². The van der Waals surface area contributed by atoms with Gasteiger partial charge in [-0.15, -0.1) is 24.2 Å². The first-order chi connectivity index (χ1) is 10.3. The van der Waals surface area contributed by atoms with Crippen LogP contribution in [0.3, 0.4) is 0 Å². The van der Waals surface area contributed by atoms with Crippen molar-refractivity contribution in [3.8, 4) is 0 Å². The van der Waals surface area contributed by atoms with Crippen LogP contribution in [0.2, 0.25) is 0 Å². The Morgan fingerprint density at radius 2 is 1.65 bits per heavy atom. The van der Waals surface area contributed by atoms with Crippen molar-refractivity contribution in [1.82, 2.24) is 9.80 Å². The second-order valence-corrected chi connectivity index (χ2v) is 6.06. The Kier molecular flexibility index (Phi) is 7.63. The van der Waals surface area contributed by atoms with Gasteiger partial charge in [-0.05, 0) is 24.3 Å². The number of rotatable bonds is 4. The molecule has 0 atom stereocenters. The van der Waals surface area contributed by atoms with Gasteiger partial charge in [0, 0.05) is 31.1 Å². The Bertz CT molecular complexity index is 504. The van der Waals surface area contributed by atoms with Crippen molar-refractivity contribution in [2.24, 2.45) is 0 Å². The van der Waals surface area contributed by atoms with E-state index >= 15 is 0 Å². The average molecular weight is 373 g/mol. The van der Waals surface area contributed by atoms with Crippen molar-refractivity contribution in [2.75, 3.05) is 38.5 Å². The van der Waals surface area contributed by atoms with Crippen LogP contribution in [0.5, 0.6) is 0 Å². The molecule has 1 aliphatic rings. The number of carbonyl (C=O) groups is 1. The molecular weight excluding hydrogens is 356 g/mol. The molecule has 0 spiro atoms. The minimum atomic E-state index is -4.20. The summed E-state index contributed by atoms with van der Waals surface area (Å²) in [6.07, 6.45) is -4.20. The first-order valence-electron chi connectivity index (χ1n) is 6.79. The molecule has 0 saturated carbocycles. The summed E-state index contributed by atoms with van der Waals surface area (Å²) in [4.78, 5) is 15.7. The first-order valence-corrected chi connectivity index (χ1v) is 7.77. The number of amides is 1. The van der Waals surface area contributed by atoms with E-state index < -0.39 is 12.7 Å². The molecule has 0 radical (unpaired) electrons. The predicted molar refractivity (Wildman–Crippen MR) is 83.4 cm³/mol. The van der Waals surface area contributed by atoms with Gasteiger partial charge >= 0.3 is 6.18 Å². The molecule has 2 rings (SSSR count). The van der Waals surface area contributed by atoms with E-state index in [4.69, 9.17) is 0 Å². The summed E-state index contributed by atoms with van der Waals surface area (Å²) in [6.45, 7) is 0.135. The molecule has 0 aromatic heterocycles. The first kappa shape index (κ1) is 20.1. The zero-order valence-corrected chi connectivity index (χ0v) is 13.8. The van der Waals surface area contributed by atoms with E-state index in [2.05, 4.69) is 0 Å². The number of hydrogen-bond donors (Lipinski definition) is 0. The fourth-order valence-electron chi connectivity index (χ4n) is 2.18. The van der Waals surface area contributed by atoms with E-state index in [1.54, 1.807) is 17.0 Å². The SMILES string of the molecule is Cl.O=C(CSc1ccc(F)cc1)N1CCN(CC(F)(F)F)CC1. The number of nitrogens with zero attached hydrogens (tertiary/aromatic N) is 2. The molecule has 1 aliphatic heterocycles. The van der Waals surface area contributed by atoms with Gasteiger partial charge in [-0.3, -0.25) is 9.69 Å². The summed E-state index contributed by atoms with van der Waals surface area (Å²) in [5, 5.41) is 0. The molecule has 1 saturated heterocycles. The third kappa shape index (κ3) is 6.97. The quantitative estimate of drug-likeness (QED) is 0.599. The third-order valence-electron chi connectivity index (χ3n) is 3.30. The summed E-state index contributed by atoms with van der Waals surface area (Å²) < 4.78 is 49.6. The lowest BCUT2D eigenvalue weighted by Crippen LogP contribution is -2.51. The van der Waals surface area contributed by atoms with Crippen LogP contribution >= 0.6 is 24.2 Å². The van der Waals surface area contributed by atoms with Crippen LogP contribution in [0.4, 0.5) is 17.6 Å². The zero-order chi connectivity index (χ0) is 16.2. The van der Waals surface area contributed by atoms with Gasteiger partial charge in [0.25, 0.3) is 0 Å². The van der Waals surface area contributed by atoms with E-state index in [0.717, 1.165) is 4.90 Å². The molecule has 1 fully saturated rings. The summed E-state index contributed by atoms with van der Waals surface area (Å²) in [6, 6.07) is 5.83. The highest BCUT2D eigenvalue weighted by Crippen LogP contribution is 2.20. The van der Waals surface area contributed by atoms with Gasteiger partial charge in [-0.1, -0.05) is 0 Å². The number of hydrogen-bond acceptors (Lipinski definition) is 3. The minimum absolute atomic E-state index is 0. The van der Waals surface area contributed by atoms with Crippen molar-refractivity contribution < 1.29 is 22.4 Å². The van der Waals surface area contributed by atoms with Crippen LogP contribution < -0.4 is 0 Å². The second-order valence-electron chi connectivity index (χ2n) is 5.01. The normalized spacial score (nSPS) is 16.1. The van der Waals surface area contributed by atoms with E-state index in [9.17, 15) is 22.4 Å². The smallest absolute Gasteiger partial charge is 0.339 e. The van der Waals surface area contributed by atoms with Gasteiger partial charge in [0.1, 0.15) is 5.82 Å². The zero-order valence-electron chi connectivity index (χ0n) is 12.2. The van der Waals surface area contributed by atoms with Crippen molar-refractivity contribution in [1.29, 1.82) is 0 Å². The molecule has 1 heterocycles. The Morgan fingerprint density at radius 1 is 1.09 bits per heavy atom. The lowest BCUT2D eigenvalue weighted by atomic mass is 10.3. The molecule has 1 aromatic rings. The molecule has 130 valence electrons.